The van der Waals surface area contributed by atoms with Crippen LogP contribution in [0.3, 0.4) is 0 Å². The smallest absolute Gasteiger partial charge is 0.166 e. The van der Waals surface area contributed by atoms with Crippen LogP contribution in [0, 0.1) is 6.92 Å². The zero-order valence-corrected chi connectivity index (χ0v) is 24.4. The van der Waals surface area contributed by atoms with E-state index in [0.29, 0.717) is 0 Å². The lowest BCUT2D eigenvalue weighted by Crippen LogP contribution is -2.29. The average Bonchev–Trinajstić information content (AvgIpc) is 3.34. The summed E-state index contributed by atoms with van der Waals surface area (Å²) >= 11 is 10.5. The Bertz CT molecular complexity index is 1650. The largest absolute Gasteiger partial charge is 0.350 e. The van der Waals surface area contributed by atoms with Crippen molar-refractivity contribution in [3.05, 3.63) is 106 Å². The van der Waals surface area contributed by atoms with Crippen molar-refractivity contribution in [2.75, 3.05) is 17.0 Å². The minimum atomic E-state index is -2.64. The molecule has 1 N–H and O–H groups in total. The molecule has 2 aliphatic heterocycles. The summed E-state index contributed by atoms with van der Waals surface area (Å²) in [5.74, 6) is 0.798. The average molecular weight is 589 g/mol. The van der Waals surface area contributed by atoms with Crippen LogP contribution in [0.1, 0.15) is 25.1 Å². The molecular weight excluding hydrogens is 561 g/mol. The molecule has 37 heavy (non-hydrogen) atoms. The Morgan fingerprint density at radius 3 is 2.35 bits per heavy atom. The first kappa shape index (κ1) is 24.4. The van der Waals surface area contributed by atoms with Gasteiger partial charge in [0, 0.05) is 39.8 Å². The van der Waals surface area contributed by atoms with Gasteiger partial charge in [0.05, 0.1) is 28.6 Å². The van der Waals surface area contributed by atoms with E-state index in [2.05, 4.69) is 77.1 Å². The van der Waals surface area contributed by atoms with E-state index in [1.165, 1.54) is 16.9 Å². The first-order chi connectivity index (χ1) is 17.7. The van der Waals surface area contributed by atoms with E-state index in [9.17, 15) is 0 Å². The summed E-state index contributed by atoms with van der Waals surface area (Å²) in [5, 5.41) is 10.9. The molecule has 0 amide bonds. The fourth-order valence-corrected chi connectivity index (χ4v) is 10.3. The number of aryl methyl sites for hydroxylation is 1. The number of para-hydroxylation sites is 3. The van der Waals surface area contributed by atoms with Crippen LogP contribution in [-0.4, -0.2) is 23.0 Å². The van der Waals surface area contributed by atoms with E-state index in [-0.39, 0.29) is 5.41 Å². The monoisotopic (exact) mass is 587 g/mol. The maximum absolute atomic E-state index is 6.78. The normalized spacial score (nSPS) is 21.6. The molecule has 8 heteroatoms. The van der Waals surface area contributed by atoms with Crippen LogP contribution in [0.15, 0.2) is 99.3 Å². The molecule has 3 heterocycles. The number of fused-ring (bicyclic) bond motifs is 2. The third-order valence-corrected chi connectivity index (χ3v) is 12.0. The van der Waals surface area contributed by atoms with Gasteiger partial charge in [-0.1, -0.05) is 74.2 Å². The summed E-state index contributed by atoms with van der Waals surface area (Å²) in [6.07, 6.45) is -0.643. The molecule has 0 aliphatic carbocycles. The van der Waals surface area contributed by atoms with E-state index in [4.69, 9.17) is 21.9 Å². The standard InChI is InChI=1S/C29H27BrN5PS/c1-19-26-28(35(32-19)20-12-6-5-7-13-20)31-18-25(36(26,37)33-23-16-10-9-15-22(23)30)27-29(2,3)21-14-8-11-17-24(21)34(27)4/h5-18H,1-4H3,(H,33,37)/b27-25+. The van der Waals surface area contributed by atoms with Crippen LogP contribution in [0.2, 0.25) is 0 Å². The molecule has 1 unspecified atom stereocenters. The number of rotatable bonds is 3. The summed E-state index contributed by atoms with van der Waals surface area (Å²) in [4.78, 5) is 7.33. The highest BCUT2D eigenvalue weighted by molar-refractivity contribution is 9.10. The number of nitrogens with one attached hydrogen (secondary N) is 1. The maximum Gasteiger partial charge on any atom is 0.166 e. The van der Waals surface area contributed by atoms with E-state index in [0.717, 1.165) is 38.0 Å². The van der Waals surface area contributed by atoms with Crippen molar-refractivity contribution < 1.29 is 0 Å². The second-order valence-corrected chi connectivity index (χ2v) is 14.8. The Morgan fingerprint density at radius 2 is 1.62 bits per heavy atom. The molecule has 186 valence electrons. The van der Waals surface area contributed by atoms with Gasteiger partial charge in [-0.05, 0) is 58.7 Å². The van der Waals surface area contributed by atoms with Crippen LogP contribution in [0.5, 0.6) is 0 Å². The third kappa shape index (κ3) is 3.67. The third-order valence-electron chi connectivity index (χ3n) is 7.23. The van der Waals surface area contributed by atoms with Gasteiger partial charge in [-0.15, -0.1) is 0 Å². The summed E-state index contributed by atoms with van der Waals surface area (Å²) < 4.78 is 2.90. The first-order valence-corrected chi connectivity index (χ1v) is 15.7. The molecule has 3 aromatic carbocycles. The van der Waals surface area contributed by atoms with Gasteiger partial charge in [0.15, 0.2) is 5.82 Å². The van der Waals surface area contributed by atoms with Gasteiger partial charge in [0.2, 0.25) is 0 Å². The lowest BCUT2D eigenvalue weighted by molar-refractivity contribution is 0.639. The minimum Gasteiger partial charge on any atom is -0.350 e. The predicted molar refractivity (Wildman–Crippen MR) is 163 cm³/mol. The Labute approximate surface area is 231 Å². The zero-order chi connectivity index (χ0) is 25.9. The summed E-state index contributed by atoms with van der Waals surface area (Å²) in [7, 11) is 2.14. The quantitative estimate of drug-likeness (QED) is 0.253. The molecule has 6 rings (SSSR count). The van der Waals surface area contributed by atoms with Gasteiger partial charge in [-0.25, -0.2) is 9.67 Å². The first-order valence-electron chi connectivity index (χ1n) is 12.1. The van der Waals surface area contributed by atoms with E-state index in [1.807, 2.05) is 66.4 Å². The van der Waals surface area contributed by atoms with Crippen molar-refractivity contribution in [1.29, 1.82) is 0 Å². The second kappa shape index (κ2) is 8.80. The number of hydrogen-bond donors (Lipinski definition) is 1. The van der Waals surface area contributed by atoms with E-state index < -0.39 is 6.19 Å². The molecule has 1 aromatic heterocycles. The number of anilines is 2. The highest BCUT2D eigenvalue weighted by Gasteiger charge is 2.45. The number of aliphatic imine (C=N–C) groups is 1. The molecule has 0 bridgehead atoms. The molecule has 0 spiro atoms. The Kier molecular flexibility index (Phi) is 5.79. The Balaban J connectivity index is 1.65. The van der Waals surface area contributed by atoms with Gasteiger partial charge in [0.25, 0.3) is 0 Å². The van der Waals surface area contributed by atoms with Crippen molar-refractivity contribution in [2.45, 2.75) is 26.2 Å². The van der Waals surface area contributed by atoms with Gasteiger partial charge < -0.3 is 9.99 Å². The summed E-state index contributed by atoms with van der Waals surface area (Å²) in [5.41, 5.74) is 6.26. The number of allylic oxidation sites excluding steroid dienone is 2. The topological polar surface area (TPSA) is 45.5 Å². The fraction of sp³-hybridized carbons (Fsp3) is 0.172. The van der Waals surface area contributed by atoms with Crippen LogP contribution < -0.4 is 15.3 Å². The second-order valence-electron chi connectivity index (χ2n) is 9.90. The minimum absolute atomic E-state index is 0.243. The van der Waals surface area contributed by atoms with Crippen molar-refractivity contribution in [1.82, 2.24) is 9.78 Å². The highest BCUT2D eigenvalue weighted by atomic mass is 79.9. The number of aromatic nitrogens is 2. The Hall–Kier alpha value is -2.99. The molecule has 0 saturated heterocycles. The lowest BCUT2D eigenvalue weighted by atomic mass is 9.84. The molecule has 0 radical (unpaired) electrons. The summed E-state index contributed by atoms with van der Waals surface area (Å²) in [6, 6.07) is 26.9. The van der Waals surface area contributed by atoms with Crippen molar-refractivity contribution in [3.63, 3.8) is 0 Å². The number of nitrogens with zero attached hydrogens (tertiary/aromatic N) is 4. The van der Waals surface area contributed by atoms with Crippen molar-refractivity contribution in [2.24, 2.45) is 4.99 Å². The fourth-order valence-electron chi connectivity index (χ4n) is 5.57. The van der Waals surface area contributed by atoms with E-state index >= 15 is 0 Å². The highest BCUT2D eigenvalue weighted by Crippen LogP contribution is 2.62. The van der Waals surface area contributed by atoms with Crippen LogP contribution in [-0.2, 0) is 17.2 Å². The van der Waals surface area contributed by atoms with Gasteiger partial charge in [0.1, 0.15) is 0 Å². The lowest BCUT2D eigenvalue weighted by Gasteiger charge is -2.35. The maximum atomic E-state index is 6.78. The van der Waals surface area contributed by atoms with Gasteiger partial charge >= 0.3 is 0 Å². The van der Waals surface area contributed by atoms with E-state index in [1.54, 1.807) is 0 Å². The molecule has 1 atom stereocenters. The molecule has 5 nitrogen and oxygen atoms in total. The number of hydrogen-bond acceptors (Lipinski definition) is 4. The molecular formula is C29H27BrN5PS. The zero-order valence-electron chi connectivity index (χ0n) is 21.1. The Morgan fingerprint density at radius 1 is 0.946 bits per heavy atom. The molecule has 0 saturated carbocycles. The predicted octanol–water partition coefficient (Wildman–Crippen LogP) is 7.43. The van der Waals surface area contributed by atoms with Gasteiger partial charge in [-0.3, -0.25) is 0 Å². The van der Waals surface area contributed by atoms with Crippen molar-refractivity contribution >= 4 is 62.6 Å². The number of halogens is 1. The molecule has 2 aliphatic rings. The van der Waals surface area contributed by atoms with Crippen LogP contribution >= 0.6 is 22.1 Å². The number of benzene rings is 3. The molecule has 4 aromatic rings. The number of likely N-dealkylation sites (N-methyl/N-ethyl adjacent to an activating group) is 1. The van der Waals surface area contributed by atoms with Crippen LogP contribution in [0.4, 0.5) is 17.2 Å². The van der Waals surface area contributed by atoms with Gasteiger partial charge in [-0.2, -0.15) is 5.10 Å². The van der Waals surface area contributed by atoms with Crippen LogP contribution in [0.25, 0.3) is 5.69 Å². The molecule has 0 fully saturated rings. The summed E-state index contributed by atoms with van der Waals surface area (Å²) in [6.45, 7) is 6.60. The van der Waals surface area contributed by atoms with Crippen molar-refractivity contribution in [3.8, 4) is 5.69 Å². The SMILES string of the molecule is Cc1nn(-c2ccccc2)c2c1P(=S)(Nc1ccccc1Br)/C(=C1/N(C)c3ccccc3C1(C)C)C=N2.